The highest BCUT2D eigenvalue weighted by Crippen LogP contribution is 2.27. The molecule has 0 aromatic heterocycles. The molecular weight excluding hydrogens is 260 g/mol. The highest BCUT2D eigenvalue weighted by atomic mass is 32.2. The Hall–Kier alpha value is -1.59. The zero-order valence-electron chi connectivity index (χ0n) is 11.1. The van der Waals surface area contributed by atoms with E-state index in [9.17, 15) is 8.42 Å². The molecule has 0 atom stereocenters. The average molecular weight is 278 g/mol. The number of nitrogen functional groups attached to an aromatic ring is 1. The number of nitrogens with one attached hydrogen (secondary N) is 1. The summed E-state index contributed by atoms with van der Waals surface area (Å²) < 4.78 is 27.2. The molecule has 0 unspecified atom stereocenters. The fourth-order valence-electron chi connectivity index (χ4n) is 1.88. The van der Waals surface area contributed by atoms with Gasteiger partial charge in [0.05, 0.1) is 4.90 Å². The van der Waals surface area contributed by atoms with E-state index in [0.29, 0.717) is 17.6 Å². The minimum absolute atomic E-state index is 0.259. The van der Waals surface area contributed by atoms with Gasteiger partial charge in [-0.1, -0.05) is 38.1 Å². The standard InChI is InChI=1S/C14H18N2O2S/c1-10(2)9-16-19(17,18)14-8-7-13(15)11-5-3-4-6-12(11)14/h3-8,10,16H,9,15H2,1-2H3. The summed E-state index contributed by atoms with van der Waals surface area (Å²) in [5.74, 6) is 0.259. The van der Waals surface area contributed by atoms with Crippen LogP contribution in [0.4, 0.5) is 5.69 Å². The molecule has 0 fully saturated rings. The Morgan fingerprint density at radius 3 is 2.37 bits per heavy atom. The molecule has 19 heavy (non-hydrogen) atoms. The first-order valence-corrected chi connectivity index (χ1v) is 7.67. The Labute approximate surface area is 113 Å². The molecular formula is C14H18N2O2S. The maximum Gasteiger partial charge on any atom is 0.241 e. The number of hydrogen-bond donors (Lipinski definition) is 2. The fourth-order valence-corrected chi connectivity index (χ4v) is 3.31. The van der Waals surface area contributed by atoms with Gasteiger partial charge >= 0.3 is 0 Å². The summed E-state index contributed by atoms with van der Waals surface area (Å²) >= 11 is 0. The summed E-state index contributed by atoms with van der Waals surface area (Å²) in [6, 6.07) is 10.4. The lowest BCUT2D eigenvalue weighted by Crippen LogP contribution is -2.27. The quantitative estimate of drug-likeness (QED) is 0.843. The van der Waals surface area contributed by atoms with E-state index in [-0.39, 0.29) is 10.8 Å². The summed E-state index contributed by atoms with van der Waals surface area (Å²) in [6.45, 7) is 4.34. The van der Waals surface area contributed by atoms with E-state index in [0.717, 1.165) is 5.39 Å². The molecule has 4 nitrogen and oxygen atoms in total. The number of rotatable bonds is 4. The van der Waals surface area contributed by atoms with Gasteiger partial charge in [0.1, 0.15) is 0 Å². The van der Waals surface area contributed by atoms with Crippen molar-refractivity contribution in [2.45, 2.75) is 18.7 Å². The van der Waals surface area contributed by atoms with Gasteiger partial charge in [0.2, 0.25) is 10.0 Å². The van der Waals surface area contributed by atoms with Crippen LogP contribution in [0.25, 0.3) is 10.8 Å². The van der Waals surface area contributed by atoms with Crippen LogP contribution >= 0.6 is 0 Å². The Balaban J connectivity index is 2.54. The van der Waals surface area contributed by atoms with E-state index < -0.39 is 10.0 Å². The second-order valence-electron chi connectivity index (χ2n) is 4.94. The Bertz CT molecular complexity index is 694. The lowest BCUT2D eigenvalue weighted by atomic mass is 10.1. The second kappa shape index (κ2) is 5.19. The van der Waals surface area contributed by atoms with E-state index in [4.69, 9.17) is 5.73 Å². The molecule has 0 aliphatic heterocycles. The number of benzene rings is 2. The fraction of sp³-hybridized carbons (Fsp3) is 0.286. The van der Waals surface area contributed by atoms with Crippen LogP contribution in [0.5, 0.6) is 0 Å². The van der Waals surface area contributed by atoms with Gasteiger partial charge in [-0.25, -0.2) is 13.1 Å². The third-order valence-electron chi connectivity index (χ3n) is 2.89. The average Bonchev–Trinajstić information content (AvgIpc) is 2.37. The van der Waals surface area contributed by atoms with Gasteiger partial charge in [-0.05, 0) is 18.1 Å². The lowest BCUT2D eigenvalue weighted by Gasteiger charge is -2.12. The number of fused-ring (bicyclic) bond motifs is 1. The van der Waals surface area contributed by atoms with Crippen LogP contribution < -0.4 is 10.5 Å². The highest BCUT2D eigenvalue weighted by Gasteiger charge is 2.17. The molecule has 2 aromatic carbocycles. The monoisotopic (exact) mass is 278 g/mol. The van der Waals surface area contributed by atoms with Crippen molar-refractivity contribution in [3.8, 4) is 0 Å². The zero-order chi connectivity index (χ0) is 14.0. The van der Waals surface area contributed by atoms with Gasteiger partial charge in [-0.3, -0.25) is 0 Å². The molecule has 0 saturated carbocycles. The lowest BCUT2D eigenvalue weighted by molar-refractivity contribution is 0.561. The normalized spacial score (nSPS) is 12.2. The van der Waals surface area contributed by atoms with E-state index in [1.165, 1.54) is 0 Å². The van der Waals surface area contributed by atoms with Gasteiger partial charge in [0.15, 0.2) is 0 Å². The molecule has 102 valence electrons. The Morgan fingerprint density at radius 2 is 1.74 bits per heavy atom. The van der Waals surface area contributed by atoms with Crippen molar-refractivity contribution in [3.05, 3.63) is 36.4 Å². The van der Waals surface area contributed by atoms with E-state index in [1.807, 2.05) is 32.0 Å². The van der Waals surface area contributed by atoms with E-state index in [1.54, 1.807) is 18.2 Å². The summed E-state index contributed by atoms with van der Waals surface area (Å²) in [5.41, 5.74) is 6.46. The van der Waals surface area contributed by atoms with Crippen molar-refractivity contribution in [3.63, 3.8) is 0 Å². The summed E-state index contributed by atoms with van der Waals surface area (Å²) in [4.78, 5) is 0.276. The van der Waals surface area contributed by atoms with Gasteiger partial charge in [0, 0.05) is 23.0 Å². The molecule has 2 aromatic rings. The second-order valence-corrected chi connectivity index (χ2v) is 6.68. The first-order chi connectivity index (χ1) is 8.92. The van der Waals surface area contributed by atoms with Crippen molar-refractivity contribution < 1.29 is 8.42 Å². The van der Waals surface area contributed by atoms with Crippen LogP contribution in [0.2, 0.25) is 0 Å². The number of nitrogens with two attached hydrogens (primary N) is 1. The predicted octanol–water partition coefficient (Wildman–Crippen LogP) is 2.36. The Morgan fingerprint density at radius 1 is 1.11 bits per heavy atom. The van der Waals surface area contributed by atoms with Crippen molar-refractivity contribution in [1.82, 2.24) is 4.72 Å². The van der Waals surface area contributed by atoms with Crippen LogP contribution in [-0.4, -0.2) is 15.0 Å². The number of sulfonamides is 1. The zero-order valence-corrected chi connectivity index (χ0v) is 11.9. The molecule has 0 radical (unpaired) electrons. The van der Waals surface area contributed by atoms with Crippen molar-refractivity contribution >= 4 is 26.5 Å². The number of hydrogen-bond acceptors (Lipinski definition) is 3. The van der Waals surface area contributed by atoms with Crippen LogP contribution in [0.3, 0.4) is 0 Å². The van der Waals surface area contributed by atoms with Gasteiger partial charge in [0.25, 0.3) is 0 Å². The highest BCUT2D eigenvalue weighted by molar-refractivity contribution is 7.89. The first kappa shape index (κ1) is 13.8. The summed E-state index contributed by atoms with van der Waals surface area (Å²) in [6.07, 6.45) is 0. The molecule has 2 rings (SSSR count). The van der Waals surface area contributed by atoms with Crippen molar-refractivity contribution in [2.75, 3.05) is 12.3 Å². The molecule has 0 spiro atoms. The minimum Gasteiger partial charge on any atom is -0.398 e. The van der Waals surface area contributed by atoms with Crippen LogP contribution in [0, 0.1) is 5.92 Å². The topological polar surface area (TPSA) is 72.2 Å². The van der Waals surface area contributed by atoms with Crippen molar-refractivity contribution in [2.24, 2.45) is 5.92 Å². The van der Waals surface area contributed by atoms with Crippen LogP contribution in [0.1, 0.15) is 13.8 Å². The molecule has 0 aliphatic rings. The molecule has 0 bridgehead atoms. The maximum atomic E-state index is 12.3. The molecule has 0 saturated heterocycles. The molecule has 0 aliphatic carbocycles. The predicted molar refractivity (Wildman–Crippen MR) is 78.4 cm³/mol. The van der Waals surface area contributed by atoms with E-state index in [2.05, 4.69) is 4.72 Å². The smallest absolute Gasteiger partial charge is 0.241 e. The molecule has 0 amide bonds. The Kier molecular flexibility index (Phi) is 3.78. The van der Waals surface area contributed by atoms with Crippen molar-refractivity contribution in [1.29, 1.82) is 0 Å². The first-order valence-electron chi connectivity index (χ1n) is 6.18. The van der Waals surface area contributed by atoms with E-state index >= 15 is 0 Å². The van der Waals surface area contributed by atoms with Crippen LogP contribution in [-0.2, 0) is 10.0 Å². The minimum atomic E-state index is -3.50. The SMILES string of the molecule is CC(C)CNS(=O)(=O)c1ccc(N)c2ccccc12. The third kappa shape index (κ3) is 2.88. The van der Waals surface area contributed by atoms with Gasteiger partial charge < -0.3 is 5.73 Å². The molecule has 0 heterocycles. The van der Waals surface area contributed by atoms with Gasteiger partial charge in [-0.15, -0.1) is 0 Å². The number of anilines is 1. The molecule has 3 N–H and O–H groups in total. The largest absolute Gasteiger partial charge is 0.398 e. The third-order valence-corrected chi connectivity index (χ3v) is 4.37. The summed E-state index contributed by atoms with van der Waals surface area (Å²) in [7, 11) is -3.50. The maximum absolute atomic E-state index is 12.3. The van der Waals surface area contributed by atoms with Crippen LogP contribution in [0.15, 0.2) is 41.3 Å². The summed E-state index contributed by atoms with van der Waals surface area (Å²) in [5, 5.41) is 1.41. The van der Waals surface area contributed by atoms with Gasteiger partial charge in [-0.2, -0.15) is 0 Å². The molecule has 5 heteroatoms.